The lowest BCUT2D eigenvalue weighted by Crippen LogP contribution is -2.19. The molecule has 2 aromatic rings. The number of amides is 1. The molecule has 0 saturated heterocycles. The number of nitrogens with one attached hydrogen (secondary N) is 1. The molecule has 0 aliphatic heterocycles. The summed E-state index contributed by atoms with van der Waals surface area (Å²) >= 11 is 3.39. The van der Waals surface area contributed by atoms with Crippen molar-refractivity contribution in [1.82, 2.24) is 5.43 Å². The van der Waals surface area contributed by atoms with Gasteiger partial charge in [0.15, 0.2) is 0 Å². The van der Waals surface area contributed by atoms with E-state index in [4.69, 9.17) is 0 Å². The summed E-state index contributed by atoms with van der Waals surface area (Å²) in [6.07, 6.45) is 0. The average molecular weight is 359 g/mol. The van der Waals surface area contributed by atoms with Gasteiger partial charge in [0.1, 0.15) is 0 Å². The van der Waals surface area contributed by atoms with Crippen LogP contribution in [-0.4, -0.2) is 11.6 Å². The summed E-state index contributed by atoms with van der Waals surface area (Å²) in [5.41, 5.74) is 6.15. The second-order valence-corrected chi connectivity index (χ2v) is 6.34. The van der Waals surface area contributed by atoms with Gasteiger partial charge in [-0.3, -0.25) is 4.79 Å². The van der Waals surface area contributed by atoms with Gasteiger partial charge in [0.25, 0.3) is 5.91 Å². The van der Waals surface area contributed by atoms with Crippen molar-refractivity contribution in [2.75, 3.05) is 0 Å². The molecule has 4 heteroatoms. The highest BCUT2D eigenvalue weighted by atomic mass is 79.9. The second kappa shape index (κ2) is 7.36. The zero-order valence-corrected chi connectivity index (χ0v) is 14.5. The Morgan fingerprint density at radius 1 is 1.00 bits per heavy atom. The van der Waals surface area contributed by atoms with Crippen molar-refractivity contribution in [3.05, 3.63) is 69.7 Å². The molecule has 0 radical (unpaired) electrons. The van der Waals surface area contributed by atoms with E-state index in [1.807, 2.05) is 55.5 Å². The van der Waals surface area contributed by atoms with Crippen LogP contribution in [0.1, 0.15) is 48.2 Å². The SMILES string of the molecule is CC(=NNC(=O)c1ccc(C(C)C)cc1)c1ccc(Br)cc1. The van der Waals surface area contributed by atoms with Crippen LogP contribution in [0.4, 0.5) is 0 Å². The fourth-order valence-corrected chi connectivity index (χ4v) is 2.24. The first-order chi connectivity index (χ1) is 10.5. The Bertz CT molecular complexity index is 673. The van der Waals surface area contributed by atoms with Gasteiger partial charge in [-0.15, -0.1) is 0 Å². The Labute approximate surface area is 139 Å². The van der Waals surface area contributed by atoms with E-state index in [9.17, 15) is 4.79 Å². The first kappa shape index (κ1) is 16.4. The highest BCUT2D eigenvalue weighted by molar-refractivity contribution is 9.10. The predicted octanol–water partition coefficient (Wildman–Crippen LogP) is 4.73. The lowest BCUT2D eigenvalue weighted by Gasteiger charge is -2.06. The van der Waals surface area contributed by atoms with Gasteiger partial charge in [-0.05, 0) is 48.2 Å². The smallest absolute Gasteiger partial charge is 0.267 e. The number of rotatable bonds is 4. The number of carbonyl (C=O) groups is 1. The molecule has 2 rings (SSSR count). The molecule has 0 fully saturated rings. The van der Waals surface area contributed by atoms with Crippen LogP contribution in [0.15, 0.2) is 58.1 Å². The molecule has 0 atom stereocenters. The standard InChI is InChI=1S/C18H19BrN2O/c1-12(2)14-4-6-16(7-5-14)18(22)21-20-13(3)15-8-10-17(19)11-9-15/h4-12H,1-3H3,(H,21,22). The van der Waals surface area contributed by atoms with Crippen LogP contribution in [0.3, 0.4) is 0 Å². The normalized spacial score (nSPS) is 11.6. The summed E-state index contributed by atoms with van der Waals surface area (Å²) in [4.78, 5) is 12.1. The third-order valence-corrected chi connectivity index (χ3v) is 3.96. The molecule has 0 bridgehead atoms. The predicted molar refractivity (Wildman–Crippen MR) is 94.4 cm³/mol. The molecular formula is C18H19BrN2O. The molecular weight excluding hydrogens is 340 g/mol. The van der Waals surface area contributed by atoms with Gasteiger partial charge in [0, 0.05) is 10.0 Å². The number of hydrogen-bond donors (Lipinski definition) is 1. The zero-order chi connectivity index (χ0) is 16.1. The van der Waals surface area contributed by atoms with Gasteiger partial charge < -0.3 is 0 Å². The van der Waals surface area contributed by atoms with Crippen LogP contribution in [0.2, 0.25) is 0 Å². The highest BCUT2D eigenvalue weighted by Crippen LogP contribution is 2.15. The Morgan fingerprint density at radius 2 is 1.55 bits per heavy atom. The van der Waals surface area contributed by atoms with E-state index in [-0.39, 0.29) is 5.91 Å². The largest absolute Gasteiger partial charge is 0.271 e. The molecule has 22 heavy (non-hydrogen) atoms. The first-order valence-corrected chi connectivity index (χ1v) is 7.97. The molecule has 0 aliphatic rings. The molecule has 0 aliphatic carbocycles. The monoisotopic (exact) mass is 358 g/mol. The fourth-order valence-electron chi connectivity index (χ4n) is 1.97. The molecule has 1 N–H and O–H groups in total. The molecule has 114 valence electrons. The average Bonchev–Trinajstić information content (AvgIpc) is 2.53. The molecule has 2 aromatic carbocycles. The number of carbonyl (C=O) groups excluding carboxylic acids is 1. The maximum absolute atomic E-state index is 12.1. The van der Waals surface area contributed by atoms with Crippen molar-refractivity contribution in [2.24, 2.45) is 5.10 Å². The van der Waals surface area contributed by atoms with Crippen molar-refractivity contribution in [1.29, 1.82) is 0 Å². The molecule has 0 spiro atoms. The van der Waals surface area contributed by atoms with E-state index in [1.54, 1.807) is 0 Å². The van der Waals surface area contributed by atoms with Crippen molar-refractivity contribution in [2.45, 2.75) is 26.7 Å². The maximum Gasteiger partial charge on any atom is 0.271 e. The molecule has 0 saturated carbocycles. The summed E-state index contributed by atoms with van der Waals surface area (Å²) in [6.45, 7) is 6.12. The van der Waals surface area contributed by atoms with E-state index < -0.39 is 0 Å². The van der Waals surface area contributed by atoms with Crippen LogP contribution >= 0.6 is 15.9 Å². The minimum absolute atomic E-state index is 0.202. The van der Waals surface area contributed by atoms with Crippen LogP contribution < -0.4 is 5.43 Å². The van der Waals surface area contributed by atoms with Crippen LogP contribution in [0, 0.1) is 0 Å². The van der Waals surface area contributed by atoms with E-state index in [1.165, 1.54) is 5.56 Å². The van der Waals surface area contributed by atoms with Gasteiger partial charge >= 0.3 is 0 Å². The summed E-state index contributed by atoms with van der Waals surface area (Å²) in [6, 6.07) is 15.4. The number of nitrogens with zero attached hydrogens (tertiary/aromatic N) is 1. The number of hydrogen-bond acceptors (Lipinski definition) is 2. The molecule has 0 aromatic heterocycles. The van der Waals surface area contributed by atoms with Crippen LogP contribution in [0.25, 0.3) is 0 Å². The summed E-state index contributed by atoms with van der Waals surface area (Å²) in [7, 11) is 0. The molecule has 0 unspecified atom stereocenters. The second-order valence-electron chi connectivity index (χ2n) is 5.42. The zero-order valence-electron chi connectivity index (χ0n) is 12.9. The van der Waals surface area contributed by atoms with E-state index in [2.05, 4.69) is 40.3 Å². The van der Waals surface area contributed by atoms with E-state index in [0.717, 1.165) is 15.7 Å². The van der Waals surface area contributed by atoms with Gasteiger partial charge in [-0.1, -0.05) is 54.0 Å². The number of halogens is 1. The van der Waals surface area contributed by atoms with Gasteiger partial charge in [0.05, 0.1) is 5.71 Å². The first-order valence-electron chi connectivity index (χ1n) is 7.18. The lowest BCUT2D eigenvalue weighted by molar-refractivity contribution is 0.0955. The van der Waals surface area contributed by atoms with E-state index >= 15 is 0 Å². The minimum Gasteiger partial charge on any atom is -0.267 e. The quantitative estimate of drug-likeness (QED) is 0.623. The Hall–Kier alpha value is -1.94. The van der Waals surface area contributed by atoms with E-state index in [0.29, 0.717) is 11.5 Å². The van der Waals surface area contributed by atoms with Crippen LogP contribution in [0.5, 0.6) is 0 Å². The Morgan fingerprint density at radius 3 is 2.09 bits per heavy atom. The third-order valence-electron chi connectivity index (χ3n) is 3.43. The van der Waals surface area contributed by atoms with Crippen molar-refractivity contribution in [3.8, 4) is 0 Å². The fraction of sp³-hybridized carbons (Fsp3) is 0.222. The molecule has 0 heterocycles. The molecule has 1 amide bonds. The van der Waals surface area contributed by atoms with Gasteiger partial charge in [-0.2, -0.15) is 5.10 Å². The Kier molecular flexibility index (Phi) is 5.50. The highest BCUT2D eigenvalue weighted by Gasteiger charge is 2.06. The van der Waals surface area contributed by atoms with Crippen LogP contribution in [-0.2, 0) is 0 Å². The van der Waals surface area contributed by atoms with Gasteiger partial charge in [0.2, 0.25) is 0 Å². The molecule has 3 nitrogen and oxygen atoms in total. The lowest BCUT2D eigenvalue weighted by atomic mass is 10.0. The minimum atomic E-state index is -0.202. The maximum atomic E-state index is 12.1. The summed E-state index contributed by atoms with van der Waals surface area (Å²) < 4.78 is 1.01. The summed E-state index contributed by atoms with van der Waals surface area (Å²) in [5.74, 6) is 0.251. The topological polar surface area (TPSA) is 41.5 Å². The number of hydrazone groups is 1. The Balaban J connectivity index is 2.05. The van der Waals surface area contributed by atoms with Gasteiger partial charge in [-0.25, -0.2) is 5.43 Å². The van der Waals surface area contributed by atoms with Crippen molar-refractivity contribution >= 4 is 27.5 Å². The van der Waals surface area contributed by atoms with Crippen molar-refractivity contribution < 1.29 is 4.79 Å². The summed E-state index contributed by atoms with van der Waals surface area (Å²) in [5, 5.41) is 4.16. The van der Waals surface area contributed by atoms with Crippen molar-refractivity contribution in [3.63, 3.8) is 0 Å². The number of benzene rings is 2. The third kappa shape index (κ3) is 4.28.